The van der Waals surface area contributed by atoms with Gasteiger partial charge in [-0.15, -0.1) is 0 Å². The van der Waals surface area contributed by atoms with Crippen LogP contribution in [0.3, 0.4) is 0 Å². The van der Waals surface area contributed by atoms with Gasteiger partial charge in [0.05, 0.1) is 23.0 Å². The largest absolute Gasteiger partial charge is 1.00 e. The first kappa shape index (κ1) is 37.1. The van der Waals surface area contributed by atoms with Gasteiger partial charge in [0.2, 0.25) is 0 Å². The van der Waals surface area contributed by atoms with E-state index in [-0.39, 0.29) is 53.7 Å². The summed E-state index contributed by atoms with van der Waals surface area (Å²) in [6.07, 6.45) is 18.8. The van der Waals surface area contributed by atoms with Crippen LogP contribution < -0.4 is 29.6 Å². The van der Waals surface area contributed by atoms with Gasteiger partial charge in [0.1, 0.15) is 16.7 Å². The molecule has 0 radical (unpaired) electrons. The average molecular weight is 563 g/mol. The number of unbranched alkanes of at least 4 members (excludes halogenated alkanes) is 14. The van der Waals surface area contributed by atoms with E-state index < -0.39 is 33.9 Å². The molecule has 9 heteroatoms. The number of rotatable bonds is 22. The molecule has 0 saturated carbocycles. The molecule has 1 aromatic rings. The van der Waals surface area contributed by atoms with E-state index in [0.29, 0.717) is 0 Å². The third kappa shape index (κ3) is 16.9. The van der Waals surface area contributed by atoms with E-state index in [4.69, 9.17) is 9.47 Å². The van der Waals surface area contributed by atoms with Crippen LogP contribution in [0.25, 0.3) is 0 Å². The quantitative estimate of drug-likeness (QED) is 0.0902. The van der Waals surface area contributed by atoms with Crippen LogP contribution in [0.5, 0.6) is 0 Å². The molecule has 7 nitrogen and oxygen atoms in total. The number of carbonyl (C=O) groups excluding carboxylic acids is 2. The Labute approximate surface area is 252 Å². The number of hydrogen-bond acceptors (Lipinski definition) is 7. The summed E-state index contributed by atoms with van der Waals surface area (Å²) >= 11 is 0. The predicted molar refractivity (Wildman–Crippen MR) is 146 cm³/mol. The summed E-state index contributed by atoms with van der Waals surface area (Å²) < 4.78 is 43.9. The molecule has 0 amide bonds. The fourth-order valence-electron chi connectivity index (χ4n) is 4.21. The first-order valence-electron chi connectivity index (χ1n) is 14.2. The second-order valence-corrected chi connectivity index (χ2v) is 11.4. The van der Waals surface area contributed by atoms with E-state index in [0.717, 1.165) is 19.3 Å². The van der Waals surface area contributed by atoms with Crippen LogP contribution in [0.1, 0.15) is 137 Å². The Bertz CT molecular complexity index is 873. The van der Waals surface area contributed by atoms with Crippen molar-refractivity contribution in [2.24, 2.45) is 0 Å². The van der Waals surface area contributed by atoms with Gasteiger partial charge in [-0.25, -0.2) is 18.0 Å². The molecule has 0 aliphatic rings. The molecular weight excluding hydrogens is 515 g/mol. The molecule has 0 aliphatic heterocycles. The number of ether oxygens (including phenoxy) is 2. The molecular formula is C29H47NaO7S. The van der Waals surface area contributed by atoms with Crippen molar-refractivity contribution in [1.82, 2.24) is 0 Å². The maximum atomic E-state index is 12.5. The van der Waals surface area contributed by atoms with Crippen LogP contribution >= 0.6 is 0 Å². The maximum absolute atomic E-state index is 12.5. The van der Waals surface area contributed by atoms with E-state index in [9.17, 15) is 22.6 Å². The summed E-state index contributed by atoms with van der Waals surface area (Å²) in [5.74, 6) is -1.48. The summed E-state index contributed by atoms with van der Waals surface area (Å²) in [4.78, 5) is 24.9. The summed E-state index contributed by atoms with van der Waals surface area (Å²) in [7, 11) is -4.57. The maximum Gasteiger partial charge on any atom is 1.00 e. The Kier molecular flexibility index (Phi) is 22.3. The molecule has 1 atom stereocenters. The molecule has 1 unspecified atom stereocenters. The molecule has 0 bridgehead atoms. The van der Waals surface area contributed by atoms with E-state index >= 15 is 0 Å². The minimum atomic E-state index is -4.57. The monoisotopic (exact) mass is 562 g/mol. The minimum Gasteiger partial charge on any atom is -0.748 e. The fraction of sp³-hybridized carbons (Fsp3) is 0.724. The van der Waals surface area contributed by atoms with Crippen molar-refractivity contribution in [2.75, 3.05) is 13.2 Å². The van der Waals surface area contributed by atoms with Crippen molar-refractivity contribution in [2.45, 2.75) is 122 Å². The first-order valence-corrected chi connectivity index (χ1v) is 15.7. The van der Waals surface area contributed by atoms with Gasteiger partial charge in [0.15, 0.2) is 0 Å². The Morgan fingerprint density at radius 3 is 1.50 bits per heavy atom. The smallest absolute Gasteiger partial charge is 0.748 e. The fourth-order valence-corrected chi connectivity index (χ4v) is 4.85. The molecule has 0 spiro atoms. The van der Waals surface area contributed by atoms with E-state index in [1.165, 1.54) is 96.1 Å². The second-order valence-electron chi connectivity index (χ2n) is 9.75. The summed E-state index contributed by atoms with van der Waals surface area (Å²) in [5.41, 5.74) is 0.0497. The number of hydrogen-bond donors (Lipinski definition) is 0. The molecule has 38 heavy (non-hydrogen) atoms. The van der Waals surface area contributed by atoms with Crippen molar-refractivity contribution in [1.29, 1.82) is 0 Å². The second kappa shape index (κ2) is 22.8. The zero-order valence-electron chi connectivity index (χ0n) is 23.9. The third-order valence-electron chi connectivity index (χ3n) is 6.61. The Balaban J connectivity index is 0.0000137. The zero-order chi connectivity index (χ0) is 27.4. The third-order valence-corrected chi connectivity index (χ3v) is 7.90. The summed E-state index contributed by atoms with van der Waals surface area (Å²) in [5, 5.41) is -1.32. The van der Waals surface area contributed by atoms with Gasteiger partial charge in [-0.05, 0) is 25.0 Å². The van der Waals surface area contributed by atoms with Crippen LogP contribution in [-0.4, -0.2) is 43.4 Å². The zero-order valence-corrected chi connectivity index (χ0v) is 26.7. The van der Waals surface area contributed by atoms with Gasteiger partial charge < -0.3 is 14.0 Å². The molecule has 0 heterocycles. The topological polar surface area (TPSA) is 110 Å². The Morgan fingerprint density at radius 1 is 0.711 bits per heavy atom. The molecule has 0 aromatic heterocycles. The number of esters is 2. The van der Waals surface area contributed by atoms with Crippen LogP contribution in [0.2, 0.25) is 0 Å². The summed E-state index contributed by atoms with van der Waals surface area (Å²) in [6.45, 7) is 3.50. The SMILES string of the molecule is CCCCCCCCCCCCCCCCCOC(=O)c1ccccc1C(=O)OCC(CC)S(=O)(=O)[O-].[Na+]. The Hall–Kier alpha value is -0.930. The van der Waals surface area contributed by atoms with Crippen LogP contribution in [0.15, 0.2) is 24.3 Å². The van der Waals surface area contributed by atoms with Crippen LogP contribution in [0.4, 0.5) is 0 Å². The van der Waals surface area contributed by atoms with Gasteiger partial charge in [-0.3, -0.25) is 0 Å². The van der Waals surface area contributed by atoms with Gasteiger partial charge in [0.25, 0.3) is 0 Å². The first-order chi connectivity index (χ1) is 17.8. The van der Waals surface area contributed by atoms with E-state index in [1.807, 2.05) is 0 Å². The molecule has 1 rings (SSSR count). The summed E-state index contributed by atoms with van der Waals surface area (Å²) in [6, 6.07) is 6.06. The molecule has 0 aliphatic carbocycles. The van der Waals surface area contributed by atoms with Crippen molar-refractivity contribution < 1.29 is 61.6 Å². The van der Waals surface area contributed by atoms with Crippen molar-refractivity contribution in [3.63, 3.8) is 0 Å². The van der Waals surface area contributed by atoms with Crippen molar-refractivity contribution >= 4 is 22.1 Å². The molecule has 1 aromatic carbocycles. The minimum absolute atomic E-state index is 0. The van der Waals surface area contributed by atoms with Gasteiger partial charge >= 0.3 is 41.5 Å². The Morgan fingerprint density at radius 2 is 1.11 bits per heavy atom. The molecule has 212 valence electrons. The van der Waals surface area contributed by atoms with Gasteiger partial charge in [-0.1, -0.05) is 116 Å². The van der Waals surface area contributed by atoms with E-state index in [2.05, 4.69) is 6.92 Å². The normalized spacial score (nSPS) is 12.0. The molecule has 0 N–H and O–H groups in total. The number of carbonyl (C=O) groups is 2. The predicted octanol–water partition coefficient (Wildman–Crippen LogP) is 4.20. The van der Waals surface area contributed by atoms with E-state index in [1.54, 1.807) is 12.1 Å². The van der Waals surface area contributed by atoms with Gasteiger partial charge in [0, 0.05) is 0 Å². The average Bonchev–Trinajstić information content (AvgIpc) is 2.87. The van der Waals surface area contributed by atoms with Crippen LogP contribution in [-0.2, 0) is 19.6 Å². The van der Waals surface area contributed by atoms with Crippen molar-refractivity contribution in [3.05, 3.63) is 35.4 Å². The number of benzene rings is 1. The van der Waals surface area contributed by atoms with Crippen molar-refractivity contribution in [3.8, 4) is 0 Å². The van der Waals surface area contributed by atoms with Gasteiger partial charge in [-0.2, -0.15) is 0 Å². The van der Waals surface area contributed by atoms with Crippen LogP contribution in [0, 0.1) is 0 Å². The standard InChI is InChI=1S/C29H48O7S.Na/c1-3-5-6-7-8-9-10-11-12-13-14-15-16-17-20-23-35-28(30)26-21-18-19-22-27(26)29(31)36-24-25(4-2)37(32,33)34;/h18-19,21-22,25H,3-17,20,23-24H2,1-2H3,(H,32,33,34);/q;+1/p-1. The molecule has 0 fully saturated rings. The molecule has 0 saturated heterocycles.